The van der Waals surface area contributed by atoms with Crippen LogP contribution in [-0.4, -0.2) is 32.8 Å². The molecule has 1 amide bonds. The molecule has 5 heteroatoms. The molecular formula is C24H26N2O3. The minimum absolute atomic E-state index is 0.0218. The molecule has 2 fully saturated rings. The molecule has 3 heterocycles. The number of aryl methyl sites for hydroxylation is 1. The van der Waals surface area contributed by atoms with Crippen LogP contribution in [0.2, 0.25) is 0 Å². The van der Waals surface area contributed by atoms with Gasteiger partial charge in [0.1, 0.15) is 6.61 Å². The molecule has 2 unspecified atom stereocenters. The largest absolute Gasteiger partial charge is 0.445 e. The van der Waals surface area contributed by atoms with E-state index in [4.69, 9.17) is 4.74 Å². The Morgan fingerprint density at radius 3 is 2.55 bits per heavy atom. The Bertz CT molecular complexity index is 1030. The van der Waals surface area contributed by atoms with Gasteiger partial charge in [0.05, 0.1) is 5.60 Å². The van der Waals surface area contributed by atoms with Crippen molar-refractivity contribution in [1.82, 2.24) is 9.47 Å². The summed E-state index contributed by atoms with van der Waals surface area (Å²) in [6.45, 7) is 0.282. The maximum atomic E-state index is 12.8. The van der Waals surface area contributed by atoms with Crippen LogP contribution in [0.4, 0.5) is 4.79 Å². The maximum Gasteiger partial charge on any atom is 0.410 e. The first-order chi connectivity index (χ1) is 14.0. The van der Waals surface area contributed by atoms with Crippen LogP contribution in [0.25, 0.3) is 10.9 Å². The van der Waals surface area contributed by atoms with Crippen LogP contribution in [0.1, 0.15) is 36.8 Å². The molecule has 2 aliphatic heterocycles. The molecule has 2 saturated heterocycles. The summed E-state index contributed by atoms with van der Waals surface area (Å²) in [6, 6.07) is 18.1. The molecule has 1 aromatic heterocycles. The van der Waals surface area contributed by atoms with Crippen molar-refractivity contribution >= 4 is 17.0 Å². The zero-order valence-electron chi connectivity index (χ0n) is 16.6. The number of carbonyl (C=O) groups excluding carboxylic acids is 1. The highest BCUT2D eigenvalue weighted by Crippen LogP contribution is 2.46. The van der Waals surface area contributed by atoms with Crippen molar-refractivity contribution in [1.29, 1.82) is 0 Å². The number of piperidine rings is 1. The summed E-state index contributed by atoms with van der Waals surface area (Å²) in [5.74, 6) is 0. The lowest BCUT2D eigenvalue weighted by Gasteiger charge is -2.43. The van der Waals surface area contributed by atoms with Crippen molar-refractivity contribution in [3.63, 3.8) is 0 Å². The highest BCUT2D eigenvalue weighted by molar-refractivity contribution is 5.81. The van der Waals surface area contributed by atoms with E-state index in [-0.39, 0.29) is 24.8 Å². The number of hydrogen-bond acceptors (Lipinski definition) is 3. The fourth-order valence-electron chi connectivity index (χ4n) is 5.12. The number of carbonyl (C=O) groups is 1. The van der Waals surface area contributed by atoms with Gasteiger partial charge in [0.2, 0.25) is 0 Å². The first-order valence-corrected chi connectivity index (χ1v) is 10.3. The molecule has 0 aliphatic carbocycles. The Labute approximate surface area is 170 Å². The average Bonchev–Trinajstić information content (AvgIpc) is 3.24. The summed E-state index contributed by atoms with van der Waals surface area (Å²) in [5.41, 5.74) is 2.19. The number of ether oxygens (including phenoxy) is 1. The SMILES string of the molecule is Cn1ccc2cc(C3(O)CC4CCC(C3)N4C(=O)OCc3ccccc3)ccc21. The molecule has 5 nitrogen and oxygen atoms in total. The number of nitrogens with zero attached hydrogens (tertiary/aromatic N) is 2. The van der Waals surface area contributed by atoms with Gasteiger partial charge in [-0.2, -0.15) is 0 Å². The third-order valence-electron chi connectivity index (χ3n) is 6.61. The normalized spacial score (nSPS) is 26.1. The second-order valence-electron chi connectivity index (χ2n) is 8.47. The van der Waals surface area contributed by atoms with Gasteiger partial charge >= 0.3 is 6.09 Å². The van der Waals surface area contributed by atoms with E-state index in [1.54, 1.807) is 0 Å². The van der Waals surface area contributed by atoms with Gasteiger partial charge in [-0.25, -0.2) is 4.79 Å². The zero-order valence-corrected chi connectivity index (χ0v) is 16.6. The summed E-state index contributed by atoms with van der Waals surface area (Å²) in [5, 5.41) is 12.6. The predicted molar refractivity (Wildman–Crippen MR) is 111 cm³/mol. The molecule has 2 aromatic carbocycles. The molecule has 5 rings (SSSR count). The van der Waals surface area contributed by atoms with Crippen molar-refractivity contribution in [2.24, 2.45) is 7.05 Å². The Kier molecular flexibility index (Phi) is 4.36. The minimum Gasteiger partial charge on any atom is -0.445 e. The molecule has 29 heavy (non-hydrogen) atoms. The monoisotopic (exact) mass is 390 g/mol. The fourth-order valence-corrected chi connectivity index (χ4v) is 5.12. The van der Waals surface area contributed by atoms with Gasteiger partial charge in [0.15, 0.2) is 0 Å². The standard InChI is InChI=1S/C24H26N2O3/c1-25-12-11-18-13-19(7-10-22(18)25)24(28)14-20-8-9-21(15-24)26(20)23(27)29-16-17-5-3-2-4-6-17/h2-7,10-13,20-21,28H,8-9,14-16H2,1H3. The van der Waals surface area contributed by atoms with Crippen LogP contribution in [0.3, 0.4) is 0 Å². The molecule has 2 atom stereocenters. The molecule has 150 valence electrons. The number of benzene rings is 2. The van der Waals surface area contributed by atoms with E-state index < -0.39 is 5.60 Å². The minimum atomic E-state index is -0.897. The molecule has 2 aliphatic rings. The second kappa shape index (κ2) is 6.92. The number of hydrogen-bond donors (Lipinski definition) is 1. The van der Waals surface area contributed by atoms with Crippen molar-refractivity contribution in [3.8, 4) is 0 Å². The van der Waals surface area contributed by atoms with Crippen molar-refractivity contribution in [2.75, 3.05) is 0 Å². The van der Waals surface area contributed by atoms with E-state index in [2.05, 4.69) is 22.8 Å². The van der Waals surface area contributed by atoms with E-state index in [1.807, 2.05) is 54.5 Å². The number of fused-ring (bicyclic) bond motifs is 3. The van der Waals surface area contributed by atoms with E-state index in [0.717, 1.165) is 34.9 Å². The quantitative estimate of drug-likeness (QED) is 0.724. The lowest BCUT2D eigenvalue weighted by atomic mass is 9.80. The van der Waals surface area contributed by atoms with Crippen LogP contribution < -0.4 is 0 Å². The molecular weight excluding hydrogens is 364 g/mol. The van der Waals surface area contributed by atoms with Crippen LogP contribution >= 0.6 is 0 Å². The average molecular weight is 390 g/mol. The first-order valence-electron chi connectivity index (χ1n) is 10.3. The van der Waals surface area contributed by atoms with Crippen LogP contribution in [0.15, 0.2) is 60.8 Å². The van der Waals surface area contributed by atoms with E-state index in [0.29, 0.717) is 12.8 Å². The Morgan fingerprint density at radius 1 is 1.10 bits per heavy atom. The van der Waals surface area contributed by atoms with Crippen LogP contribution in [0.5, 0.6) is 0 Å². The topological polar surface area (TPSA) is 54.7 Å². The lowest BCUT2D eigenvalue weighted by Crippen LogP contribution is -2.52. The third-order valence-corrected chi connectivity index (χ3v) is 6.61. The van der Waals surface area contributed by atoms with E-state index in [1.165, 1.54) is 0 Å². The Balaban J connectivity index is 1.32. The van der Waals surface area contributed by atoms with E-state index >= 15 is 0 Å². The van der Waals surface area contributed by atoms with Crippen LogP contribution in [0, 0.1) is 0 Å². The zero-order chi connectivity index (χ0) is 20.0. The van der Waals surface area contributed by atoms with Gasteiger partial charge in [-0.05, 0) is 47.6 Å². The summed E-state index contributed by atoms with van der Waals surface area (Å²) in [6.07, 6.45) is 4.72. The molecule has 2 bridgehead atoms. The van der Waals surface area contributed by atoms with E-state index in [9.17, 15) is 9.90 Å². The van der Waals surface area contributed by atoms with Gasteiger partial charge in [-0.1, -0.05) is 36.4 Å². The summed E-state index contributed by atoms with van der Waals surface area (Å²) < 4.78 is 7.67. The first kappa shape index (κ1) is 18.3. The van der Waals surface area contributed by atoms with Gasteiger partial charge in [-0.3, -0.25) is 0 Å². The Hall–Kier alpha value is -2.79. The molecule has 0 radical (unpaired) electrons. The van der Waals surface area contributed by atoms with Crippen molar-refractivity contribution in [3.05, 3.63) is 71.9 Å². The number of amides is 1. The summed E-state index contributed by atoms with van der Waals surface area (Å²) in [7, 11) is 2.02. The lowest BCUT2D eigenvalue weighted by molar-refractivity contribution is -0.0536. The predicted octanol–water partition coefficient (Wildman–Crippen LogP) is 4.33. The molecule has 1 N–H and O–H groups in total. The highest BCUT2D eigenvalue weighted by atomic mass is 16.6. The third kappa shape index (κ3) is 3.19. The second-order valence-corrected chi connectivity index (χ2v) is 8.47. The van der Waals surface area contributed by atoms with Gasteiger partial charge in [0.25, 0.3) is 0 Å². The van der Waals surface area contributed by atoms with Gasteiger partial charge in [-0.15, -0.1) is 0 Å². The smallest absolute Gasteiger partial charge is 0.410 e. The van der Waals surface area contributed by atoms with Crippen LogP contribution in [-0.2, 0) is 24.0 Å². The van der Waals surface area contributed by atoms with Gasteiger partial charge < -0.3 is 19.3 Å². The molecule has 0 saturated carbocycles. The fraction of sp³-hybridized carbons (Fsp3) is 0.375. The van der Waals surface area contributed by atoms with Crippen molar-refractivity contribution in [2.45, 2.75) is 50.0 Å². The Morgan fingerprint density at radius 2 is 1.83 bits per heavy atom. The number of rotatable bonds is 3. The number of aromatic nitrogens is 1. The summed E-state index contributed by atoms with van der Waals surface area (Å²) >= 11 is 0. The number of aliphatic hydroxyl groups is 1. The van der Waals surface area contributed by atoms with Gasteiger partial charge in [0, 0.05) is 43.7 Å². The molecule has 0 spiro atoms. The van der Waals surface area contributed by atoms with Crippen molar-refractivity contribution < 1.29 is 14.6 Å². The summed E-state index contributed by atoms with van der Waals surface area (Å²) in [4.78, 5) is 14.7. The molecule has 3 aromatic rings. The maximum absolute atomic E-state index is 12.8. The highest BCUT2D eigenvalue weighted by Gasteiger charge is 2.50.